The largest absolute Gasteiger partial charge is 0.488 e. The lowest BCUT2D eigenvalue weighted by Gasteiger charge is -2.32. The van der Waals surface area contributed by atoms with E-state index in [9.17, 15) is 4.39 Å². The molecular weight excluding hydrogens is 260 g/mol. The molecule has 1 heterocycles. The monoisotopic (exact) mass is 281 g/mol. The van der Waals surface area contributed by atoms with E-state index in [0.717, 1.165) is 44.2 Å². The Hall–Kier alpha value is -0.945. The van der Waals surface area contributed by atoms with Gasteiger partial charge in [-0.1, -0.05) is 6.07 Å². The number of ether oxygens (including phenoxy) is 1. The third-order valence-electron chi connectivity index (χ3n) is 3.69. The highest BCUT2D eigenvalue weighted by atomic mass is 19.1. The van der Waals surface area contributed by atoms with Crippen LogP contribution in [0.3, 0.4) is 0 Å². The van der Waals surface area contributed by atoms with Crippen molar-refractivity contribution in [2.24, 2.45) is 5.92 Å². The summed E-state index contributed by atoms with van der Waals surface area (Å²) in [7, 11) is 0.0764. The summed E-state index contributed by atoms with van der Waals surface area (Å²) in [5, 5.41) is 18.3. The maximum absolute atomic E-state index is 13.5. The predicted molar refractivity (Wildman–Crippen MR) is 76.1 cm³/mol. The second kappa shape index (κ2) is 7.17. The number of piperidine rings is 1. The zero-order valence-corrected chi connectivity index (χ0v) is 11.8. The molecule has 0 aliphatic carbocycles. The Labute approximate surface area is 119 Å². The van der Waals surface area contributed by atoms with Gasteiger partial charge in [-0.25, -0.2) is 4.39 Å². The fourth-order valence-corrected chi connectivity index (χ4v) is 2.84. The zero-order chi connectivity index (χ0) is 14.5. The van der Waals surface area contributed by atoms with Crippen molar-refractivity contribution in [3.63, 3.8) is 0 Å². The van der Waals surface area contributed by atoms with Crippen molar-refractivity contribution in [2.75, 3.05) is 26.8 Å². The van der Waals surface area contributed by atoms with E-state index in [-0.39, 0.29) is 5.46 Å². The SMILES string of the molecule is COCC1CCCN(Cc2cc(F)cc(B(O)O)c2)C1. The van der Waals surface area contributed by atoms with Crippen LogP contribution in [0.4, 0.5) is 4.39 Å². The smallest absolute Gasteiger partial charge is 0.423 e. The molecule has 1 aliphatic heterocycles. The molecule has 0 saturated carbocycles. The van der Waals surface area contributed by atoms with Gasteiger partial charge in [-0.3, -0.25) is 4.90 Å². The van der Waals surface area contributed by atoms with Gasteiger partial charge in [0, 0.05) is 20.2 Å². The number of hydrogen-bond acceptors (Lipinski definition) is 4. The molecule has 1 aromatic rings. The van der Waals surface area contributed by atoms with Crippen molar-refractivity contribution in [2.45, 2.75) is 19.4 Å². The van der Waals surface area contributed by atoms with Crippen LogP contribution in [-0.2, 0) is 11.3 Å². The van der Waals surface area contributed by atoms with Gasteiger partial charge in [-0.15, -0.1) is 0 Å². The molecule has 1 aliphatic rings. The van der Waals surface area contributed by atoms with E-state index in [1.807, 2.05) is 0 Å². The standard InChI is InChI=1S/C14H21BFNO3/c1-20-10-11-3-2-4-17(8-11)9-12-5-13(15(18)19)7-14(16)6-12/h5-7,11,18-19H,2-4,8-10H2,1H3. The summed E-state index contributed by atoms with van der Waals surface area (Å²) in [5.41, 5.74) is 0.969. The minimum atomic E-state index is -1.63. The number of halogens is 1. The van der Waals surface area contributed by atoms with Crippen molar-refractivity contribution in [3.05, 3.63) is 29.6 Å². The highest BCUT2D eigenvalue weighted by Gasteiger charge is 2.21. The van der Waals surface area contributed by atoms with E-state index in [2.05, 4.69) is 4.90 Å². The lowest BCUT2D eigenvalue weighted by molar-refractivity contribution is 0.0873. The normalized spacial score (nSPS) is 20.1. The van der Waals surface area contributed by atoms with Crippen LogP contribution in [0.15, 0.2) is 18.2 Å². The molecule has 1 unspecified atom stereocenters. The summed E-state index contributed by atoms with van der Waals surface area (Å²) in [6, 6.07) is 4.25. The first-order valence-corrected chi connectivity index (χ1v) is 6.95. The quantitative estimate of drug-likeness (QED) is 0.765. The summed E-state index contributed by atoms with van der Waals surface area (Å²) in [6.45, 7) is 3.28. The zero-order valence-electron chi connectivity index (χ0n) is 11.8. The molecule has 1 atom stereocenters. The van der Waals surface area contributed by atoms with Crippen molar-refractivity contribution in [1.29, 1.82) is 0 Å². The van der Waals surface area contributed by atoms with Gasteiger partial charge in [-0.05, 0) is 48.5 Å². The Bertz CT molecular complexity index is 442. The van der Waals surface area contributed by atoms with Crippen molar-refractivity contribution in [1.82, 2.24) is 4.90 Å². The average Bonchev–Trinajstić information content (AvgIpc) is 2.38. The average molecular weight is 281 g/mol. The van der Waals surface area contributed by atoms with Crippen LogP contribution in [0.5, 0.6) is 0 Å². The lowest BCUT2D eigenvalue weighted by atomic mass is 9.79. The summed E-state index contributed by atoms with van der Waals surface area (Å²) in [5.74, 6) is 0.0845. The second-order valence-corrected chi connectivity index (χ2v) is 5.47. The van der Waals surface area contributed by atoms with E-state index in [1.165, 1.54) is 6.07 Å². The van der Waals surface area contributed by atoms with Crippen LogP contribution in [0, 0.1) is 11.7 Å². The van der Waals surface area contributed by atoms with Crippen LogP contribution in [0.2, 0.25) is 0 Å². The topological polar surface area (TPSA) is 52.9 Å². The molecule has 4 nitrogen and oxygen atoms in total. The van der Waals surface area contributed by atoms with Gasteiger partial charge in [-0.2, -0.15) is 0 Å². The van der Waals surface area contributed by atoms with Crippen molar-refractivity contribution >= 4 is 12.6 Å². The number of nitrogens with zero attached hydrogens (tertiary/aromatic N) is 1. The Kier molecular flexibility index (Phi) is 5.54. The number of methoxy groups -OCH3 is 1. The van der Waals surface area contributed by atoms with Crippen LogP contribution in [0.1, 0.15) is 18.4 Å². The molecule has 0 aromatic heterocycles. The lowest BCUT2D eigenvalue weighted by Crippen LogP contribution is -2.37. The molecule has 20 heavy (non-hydrogen) atoms. The molecule has 0 spiro atoms. The third-order valence-corrected chi connectivity index (χ3v) is 3.69. The Morgan fingerprint density at radius 1 is 1.40 bits per heavy atom. The first kappa shape index (κ1) is 15.4. The number of hydrogen-bond donors (Lipinski definition) is 2. The van der Waals surface area contributed by atoms with Gasteiger partial charge in [0.25, 0.3) is 0 Å². The molecule has 1 aromatic carbocycles. The summed E-state index contributed by atoms with van der Waals surface area (Å²) in [6.07, 6.45) is 2.27. The minimum Gasteiger partial charge on any atom is -0.423 e. The van der Waals surface area contributed by atoms with Crippen LogP contribution in [-0.4, -0.2) is 48.9 Å². The fraction of sp³-hybridized carbons (Fsp3) is 0.571. The molecule has 1 fully saturated rings. The van der Waals surface area contributed by atoms with Crippen molar-refractivity contribution < 1.29 is 19.2 Å². The highest BCUT2D eigenvalue weighted by molar-refractivity contribution is 6.58. The van der Waals surface area contributed by atoms with Gasteiger partial charge < -0.3 is 14.8 Å². The first-order valence-electron chi connectivity index (χ1n) is 6.95. The molecule has 0 bridgehead atoms. The molecular formula is C14H21BFNO3. The second-order valence-electron chi connectivity index (χ2n) is 5.47. The summed E-state index contributed by atoms with van der Waals surface area (Å²) < 4.78 is 18.7. The predicted octanol–water partition coefficient (Wildman–Crippen LogP) is 0.364. The third kappa shape index (κ3) is 4.28. The maximum Gasteiger partial charge on any atom is 0.488 e. The van der Waals surface area contributed by atoms with Gasteiger partial charge in [0.2, 0.25) is 0 Å². The molecule has 6 heteroatoms. The van der Waals surface area contributed by atoms with Crippen molar-refractivity contribution in [3.8, 4) is 0 Å². The van der Waals surface area contributed by atoms with Crippen LogP contribution in [0.25, 0.3) is 0 Å². The Morgan fingerprint density at radius 2 is 2.20 bits per heavy atom. The van der Waals surface area contributed by atoms with Crippen LogP contribution >= 0.6 is 0 Å². The Morgan fingerprint density at radius 3 is 2.90 bits per heavy atom. The molecule has 2 N–H and O–H groups in total. The molecule has 1 saturated heterocycles. The highest BCUT2D eigenvalue weighted by Crippen LogP contribution is 2.18. The number of likely N-dealkylation sites (tertiary alicyclic amines) is 1. The van der Waals surface area contributed by atoms with Gasteiger partial charge >= 0.3 is 7.12 Å². The summed E-state index contributed by atoms with van der Waals surface area (Å²) in [4.78, 5) is 2.26. The minimum absolute atomic E-state index is 0.199. The van der Waals surface area contributed by atoms with Gasteiger partial charge in [0.1, 0.15) is 5.82 Å². The Balaban J connectivity index is 2.02. The van der Waals surface area contributed by atoms with Crippen LogP contribution < -0.4 is 5.46 Å². The van der Waals surface area contributed by atoms with E-state index in [0.29, 0.717) is 12.5 Å². The summed E-state index contributed by atoms with van der Waals surface area (Å²) >= 11 is 0. The molecule has 0 amide bonds. The maximum atomic E-state index is 13.5. The van der Waals surface area contributed by atoms with Gasteiger partial charge in [0.15, 0.2) is 0 Å². The molecule has 2 rings (SSSR count). The van der Waals surface area contributed by atoms with Gasteiger partial charge in [0.05, 0.1) is 6.61 Å². The molecule has 110 valence electrons. The number of benzene rings is 1. The molecule has 0 radical (unpaired) electrons. The van der Waals surface area contributed by atoms with E-state index >= 15 is 0 Å². The first-order chi connectivity index (χ1) is 9.58. The van der Waals surface area contributed by atoms with E-state index in [4.69, 9.17) is 14.8 Å². The van der Waals surface area contributed by atoms with E-state index in [1.54, 1.807) is 13.2 Å². The number of rotatable bonds is 5. The van der Waals surface area contributed by atoms with E-state index < -0.39 is 12.9 Å². The fourth-order valence-electron chi connectivity index (χ4n) is 2.84.